The molecule has 5 heteroatoms. The number of nitrogens with zero attached hydrogens (tertiary/aromatic N) is 4. The molecule has 0 amide bonds. The number of para-hydroxylation sites is 2. The van der Waals surface area contributed by atoms with Crippen molar-refractivity contribution in [3.8, 4) is 39.9 Å². The molecule has 3 aromatic heterocycles. The number of hydrogen-bond donors (Lipinski definition) is 0. The highest BCUT2D eigenvalue weighted by atomic mass is 16.3. The molecule has 0 aliphatic rings. The summed E-state index contributed by atoms with van der Waals surface area (Å²) in [6, 6.07) is -20.4. The average Bonchev–Trinajstić information content (AvgIpc) is 3.89. The third-order valence-electron chi connectivity index (χ3n) is 6.69. The van der Waals surface area contributed by atoms with Crippen LogP contribution in [0.2, 0.25) is 0 Å². The van der Waals surface area contributed by atoms with Gasteiger partial charge in [-0.15, -0.1) is 0 Å². The highest BCUT2D eigenvalue weighted by Crippen LogP contribution is 2.41. The molecule has 44 heavy (non-hydrogen) atoms. The van der Waals surface area contributed by atoms with E-state index in [-0.39, 0.29) is 0 Å². The summed E-state index contributed by atoms with van der Waals surface area (Å²) in [7, 11) is 0. The van der Waals surface area contributed by atoms with Gasteiger partial charge in [0.1, 0.15) is 11.2 Å². The minimum atomic E-state index is -0.930. The van der Waals surface area contributed by atoms with Crippen LogP contribution in [-0.4, -0.2) is 19.5 Å². The van der Waals surface area contributed by atoms with Gasteiger partial charge in [0.05, 0.1) is 43.9 Å². The summed E-state index contributed by atoms with van der Waals surface area (Å²) in [5.74, 6) is -2.46. The minimum Gasteiger partial charge on any atom is -0.456 e. The van der Waals surface area contributed by atoms with E-state index in [2.05, 4.69) is 15.0 Å². The maximum atomic E-state index is 9.36. The molecule has 0 N–H and O–H groups in total. The molecule has 206 valence electrons. The van der Waals surface area contributed by atoms with Crippen LogP contribution in [0.25, 0.3) is 83.6 Å². The fourth-order valence-electron chi connectivity index (χ4n) is 4.91. The molecule has 0 fully saturated rings. The second-order valence-electron chi connectivity index (χ2n) is 9.08. The van der Waals surface area contributed by atoms with Crippen molar-refractivity contribution >= 4 is 43.7 Å². The van der Waals surface area contributed by atoms with Crippen LogP contribution in [0.3, 0.4) is 0 Å². The third kappa shape index (κ3) is 3.76. The van der Waals surface area contributed by atoms with Crippen molar-refractivity contribution in [2.24, 2.45) is 0 Å². The molecular weight excluding hydrogens is 540 g/mol. The number of aromatic nitrogens is 4. The Labute approximate surface area is 286 Å². The number of benzene rings is 6. The summed E-state index contributed by atoms with van der Waals surface area (Å²) >= 11 is 0. The first kappa shape index (κ1) is 10.6. The van der Waals surface area contributed by atoms with Crippen LogP contribution in [0, 0.1) is 0 Å². The third-order valence-corrected chi connectivity index (χ3v) is 6.69. The fourth-order valence-corrected chi connectivity index (χ4v) is 4.91. The highest BCUT2D eigenvalue weighted by Gasteiger charge is 2.21. The van der Waals surface area contributed by atoms with E-state index in [0.29, 0.717) is 0 Å². The molecule has 0 aliphatic heterocycles. The van der Waals surface area contributed by atoms with E-state index >= 15 is 0 Å². The largest absolute Gasteiger partial charge is 0.456 e. The van der Waals surface area contributed by atoms with E-state index in [1.54, 1.807) is 0 Å². The molecule has 0 aliphatic carbocycles. The highest BCUT2D eigenvalue weighted by molar-refractivity contribution is 6.17. The second kappa shape index (κ2) is 9.75. The van der Waals surface area contributed by atoms with Gasteiger partial charge in [0, 0.05) is 32.7 Å². The SMILES string of the molecule is [2H]c1c([2H])c([2H])c(-c2nc(-c3c([2H])c([2H])c([2H])c4oc5c([2H])c([2H])c([2H])c(-c6c([2H])c([2H])c([2H])c([2H])c6[2H])c5c34)nc(-n3c4c([2H])c([2H])c([2H])c([2H])c4c4c([2H])c([2H])c([2H])c([2H])c43)n2)c([2H])c1[2H]. The monoisotopic (exact) mass is 588 g/mol. The summed E-state index contributed by atoms with van der Waals surface area (Å²) in [6.45, 7) is 0. The van der Waals surface area contributed by atoms with E-state index < -0.39 is 229 Å². The lowest BCUT2D eigenvalue weighted by Crippen LogP contribution is -2.06. The number of furan rings is 1. The molecule has 0 atom stereocenters. The first-order valence-corrected chi connectivity index (χ1v) is 12.7. The number of hydrogen-bond acceptors (Lipinski definition) is 4. The predicted molar refractivity (Wildman–Crippen MR) is 178 cm³/mol. The zero-order valence-corrected chi connectivity index (χ0v) is 21.7. The summed E-state index contributed by atoms with van der Waals surface area (Å²) < 4.78 is 216. The molecule has 9 aromatic rings. The van der Waals surface area contributed by atoms with E-state index in [9.17, 15) is 1.37 Å². The Bertz CT molecular complexity index is 3730. The van der Waals surface area contributed by atoms with Crippen LogP contribution in [0.5, 0.6) is 0 Å². The molecule has 0 saturated carbocycles. The van der Waals surface area contributed by atoms with Crippen molar-refractivity contribution in [2.75, 3.05) is 0 Å². The van der Waals surface area contributed by atoms with Gasteiger partial charge in [-0.2, -0.15) is 9.97 Å². The van der Waals surface area contributed by atoms with Gasteiger partial charge in [-0.05, 0) is 35.3 Å². The fraction of sp³-hybridized carbons (Fsp3) is 0. The van der Waals surface area contributed by atoms with Crippen molar-refractivity contribution in [1.29, 1.82) is 0 Å². The number of rotatable bonds is 4. The van der Waals surface area contributed by atoms with Crippen molar-refractivity contribution in [3.63, 3.8) is 0 Å². The number of fused-ring (bicyclic) bond motifs is 6. The molecule has 3 heterocycles. The van der Waals surface area contributed by atoms with Gasteiger partial charge in [0.15, 0.2) is 11.6 Å². The van der Waals surface area contributed by atoms with Gasteiger partial charge in [-0.3, -0.25) is 4.57 Å². The second-order valence-corrected chi connectivity index (χ2v) is 9.08. The summed E-state index contributed by atoms with van der Waals surface area (Å²) in [5, 5.41) is -1.92. The van der Waals surface area contributed by atoms with Crippen molar-refractivity contribution < 1.29 is 37.3 Å². The van der Waals surface area contributed by atoms with Crippen LogP contribution in [-0.2, 0) is 0 Å². The van der Waals surface area contributed by atoms with Crippen LogP contribution < -0.4 is 0 Å². The average molecular weight is 589 g/mol. The minimum absolute atomic E-state index is 0.443. The lowest BCUT2D eigenvalue weighted by Gasteiger charge is -2.11. The van der Waals surface area contributed by atoms with Gasteiger partial charge in [0.25, 0.3) is 0 Å². The van der Waals surface area contributed by atoms with Gasteiger partial charge >= 0.3 is 0 Å². The van der Waals surface area contributed by atoms with Gasteiger partial charge in [0.2, 0.25) is 5.95 Å². The Hall–Kier alpha value is -6.07. The van der Waals surface area contributed by atoms with Crippen LogP contribution in [0.15, 0.2) is 149 Å². The summed E-state index contributed by atoms with van der Waals surface area (Å²) in [4.78, 5) is 13.4. The van der Waals surface area contributed by atoms with Gasteiger partial charge in [-0.1, -0.05) is 121 Å². The van der Waals surface area contributed by atoms with Crippen molar-refractivity contribution in [1.82, 2.24) is 19.5 Å². The molecule has 0 radical (unpaired) electrons. The van der Waals surface area contributed by atoms with E-state index in [0.717, 1.165) is 4.57 Å². The summed E-state index contributed by atoms with van der Waals surface area (Å²) in [6.07, 6.45) is 0. The quantitative estimate of drug-likeness (QED) is 0.205. The van der Waals surface area contributed by atoms with Crippen LogP contribution in [0.4, 0.5) is 0 Å². The summed E-state index contributed by atoms with van der Waals surface area (Å²) in [5.41, 5.74) is -5.06. The molecular formula is C39H24N4O. The van der Waals surface area contributed by atoms with Crippen LogP contribution >= 0.6 is 0 Å². The first-order valence-electron chi connectivity index (χ1n) is 24.7. The van der Waals surface area contributed by atoms with E-state index in [1.807, 2.05) is 0 Å². The Balaban J connectivity index is 1.58. The first-order chi connectivity index (χ1) is 31.8. The molecule has 0 unspecified atom stereocenters. The zero-order chi connectivity index (χ0) is 49.9. The smallest absolute Gasteiger partial charge is 0.238 e. The molecule has 0 bridgehead atoms. The molecule has 6 aromatic carbocycles. The standard InChI is InChI=1S/C39H24N4O/c1-3-13-25(14-4-1)27-19-11-23-33-35(27)36-30(20-12-24-34(36)44-33)38-40-37(26-15-5-2-6-16-26)41-39(42-38)43-31-21-9-7-17-28(31)29-18-8-10-22-32(29)43/h1-24H/i1D,2D,3D,4D,5D,6D,7D,8D,9D,10D,11D,12D,13D,14D,15D,16D,17D,18D,19D,20D,21D,22D,23D,24D. The van der Waals surface area contributed by atoms with E-state index in [4.69, 9.17) is 35.9 Å². The Kier molecular flexibility index (Phi) is 2.34. The Morgan fingerprint density at radius 2 is 0.977 bits per heavy atom. The molecule has 0 spiro atoms. The van der Waals surface area contributed by atoms with Gasteiger partial charge in [-0.25, -0.2) is 4.98 Å². The predicted octanol–water partition coefficient (Wildman–Crippen LogP) is 9.87. The van der Waals surface area contributed by atoms with E-state index in [1.165, 1.54) is 0 Å². The molecule has 5 nitrogen and oxygen atoms in total. The zero-order valence-electron chi connectivity index (χ0n) is 45.7. The Morgan fingerprint density at radius 1 is 0.455 bits per heavy atom. The molecule has 0 saturated heterocycles. The van der Waals surface area contributed by atoms with Crippen LogP contribution in [0.1, 0.15) is 32.9 Å². The topological polar surface area (TPSA) is 56.7 Å². The normalized spacial score (nSPS) is 19.3. The lowest BCUT2D eigenvalue weighted by atomic mass is 9.97. The van der Waals surface area contributed by atoms with Crippen molar-refractivity contribution in [2.45, 2.75) is 0 Å². The molecule has 9 rings (SSSR count). The lowest BCUT2D eigenvalue weighted by molar-refractivity contribution is 0.669. The van der Waals surface area contributed by atoms with Gasteiger partial charge < -0.3 is 4.42 Å². The maximum absolute atomic E-state index is 9.36. The maximum Gasteiger partial charge on any atom is 0.238 e. The Morgan fingerprint density at radius 3 is 1.64 bits per heavy atom. The van der Waals surface area contributed by atoms with Crippen molar-refractivity contribution in [3.05, 3.63) is 145 Å².